The Morgan fingerprint density at radius 2 is 1.51 bits per heavy atom. The average molecular weight is 905 g/mol. The van der Waals surface area contributed by atoms with Gasteiger partial charge in [-0.1, -0.05) is 60.7 Å². The third-order valence-electron chi connectivity index (χ3n) is 10.8. The number of benzene rings is 5. The van der Waals surface area contributed by atoms with Crippen molar-refractivity contribution in [3.8, 4) is 16.9 Å². The molecule has 7 rings (SSSR count). The van der Waals surface area contributed by atoms with Crippen LogP contribution < -0.4 is 19.7 Å². The van der Waals surface area contributed by atoms with Crippen LogP contribution in [0.4, 0.5) is 30.2 Å². The molecule has 1 atom stereocenters. The summed E-state index contributed by atoms with van der Waals surface area (Å²) >= 11 is 1.55. The van der Waals surface area contributed by atoms with Crippen molar-refractivity contribution in [1.29, 1.82) is 0 Å². The van der Waals surface area contributed by atoms with Gasteiger partial charge in [0.05, 0.1) is 18.1 Å². The fraction of sp³-hybridized carbons (Fsp3) is 0.311. The van der Waals surface area contributed by atoms with Crippen LogP contribution in [0.2, 0.25) is 0 Å². The Morgan fingerprint density at radius 1 is 0.825 bits per heavy atom. The number of piperazine rings is 1. The molecule has 5 aromatic carbocycles. The van der Waals surface area contributed by atoms with E-state index in [2.05, 4.69) is 29.5 Å². The van der Waals surface area contributed by atoms with Gasteiger partial charge in [0, 0.05) is 86.4 Å². The number of para-hydroxylation sites is 1. The van der Waals surface area contributed by atoms with Gasteiger partial charge in [-0.3, -0.25) is 24.7 Å². The monoisotopic (exact) mass is 904 g/mol. The molecule has 2 saturated heterocycles. The molecule has 1 amide bonds. The van der Waals surface area contributed by atoms with E-state index in [1.807, 2.05) is 54.6 Å². The van der Waals surface area contributed by atoms with Gasteiger partial charge in [-0.2, -0.15) is 0 Å². The number of hydrogen-bond donors (Lipinski definition) is 2. The summed E-state index contributed by atoms with van der Waals surface area (Å²) in [6.45, 7) is 6.79. The SMILES string of the molecule is O=C(NS(=O)(=O)c1cccc([N+](=O)[O-])c1N[C@H](CCN1CCOCC1)CSc1ccccc1)c1ccc(N2CCN(Cc3ccccc3-c3ccc(OC(F)(F)F)cc3)CC2)cc1. The van der Waals surface area contributed by atoms with Crippen LogP contribution in [0, 0.1) is 10.1 Å². The zero-order valence-corrected chi connectivity index (χ0v) is 35.8. The number of nitrogens with one attached hydrogen (secondary N) is 2. The predicted molar refractivity (Wildman–Crippen MR) is 237 cm³/mol. The molecule has 0 radical (unpaired) electrons. The summed E-state index contributed by atoms with van der Waals surface area (Å²) < 4.78 is 77.5. The molecule has 0 aromatic heterocycles. The number of amides is 1. The quantitative estimate of drug-likeness (QED) is 0.0532. The molecule has 0 bridgehead atoms. The van der Waals surface area contributed by atoms with Crippen molar-refractivity contribution in [2.75, 3.05) is 75.0 Å². The lowest BCUT2D eigenvalue weighted by molar-refractivity contribution is -0.384. The van der Waals surface area contributed by atoms with Crippen molar-refractivity contribution in [3.05, 3.63) is 143 Å². The van der Waals surface area contributed by atoms with Crippen LogP contribution in [0.25, 0.3) is 11.1 Å². The highest BCUT2D eigenvalue weighted by Crippen LogP contribution is 2.34. The Bertz CT molecular complexity index is 2430. The Kier molecular flexibility index (Phi) is 14.9. The second kappa shape index (κ2) is 20.7. The Balaban J connectivity index is 0.986. The second-order valence-corrected chi connectivity index (χ2v) is 17.8. The first-order valence-electron chi connectivity index (χ1n) is 20.4. The number of alkyl halides is 3. The van der Waals surface area contributed by atoms with Gasteiger partial charge in [-0.05, 0) is 77.7 Å². The molecule has 0 spiro atoms. The first-order valence-corrected chi connectivity index (χ1v) is 22.9. The van der Waals surface area contributed by atoms with Crippen LogP contribution in [-0.2, 0) is 21.3 Å². The Labute approximate surface area is 368 Å². The summed E-state index contributed by atoms with van der Waals surface area (Å²) in [5, 5.41) is 15.5. The van der Waals surface area contributed by atoms with E-state index in [1.165, 1.54) is 30.3 Å². The van der Waals surface area contributed by atoms with E-state index in [0.29, 0.717) is 64.7 Å². The lowest BCUT2D eigenvalue weighted by Crippen LogP contribution is -2.46. The summed E-state index contributed by atoms with van der Waals surface area (Å²) in [7, 11) is -4.60. The molecule has 2 N–H and O–H groups in total. The molecule has 2 heterocycles. The number of halogens is 3. The lowest BCUT2D eigenvalue weighted by Gasteiger charge is -2.36. The van der Waals surface area contributed by atoms with E-state index in [-0.39, 0.29) is 23.0 Å². The summed E-state index contributed by atoms with van der Waals surface area (Å²) in [6, 6.07) is 33.3. The van der Waals surface area contributed by atoms with Gasteiger partial charge < -0.3 is 19.7 Å². The molecule has 2 aliphatic heterocycles. The van der Waals surface area contributed by atoms with Gasteiger partial charge in [-0.15, -0.1) is 24.9 Å². The maximum absolute atomic E-state index is 13.9. The van der Waals surface area contributed by atoms with E-state index < -0.39 is 37.8 Å². The summed E-state index contributed by atoms with van der Waals surface area (Å²) in [6.07, 6.45) is -4.20. The number of anilines is 2. The average Bonchev–Trinajstić information content (AvgIpc) is 3.28. The predicted octanol–water partition coefficient (Wildman–Crippen LogP) is 7.90. The maximum atomic E-state index is 13.9. The third-order valence-corrected chi connectivity index (χ3v) is 13.4. The van der Waals surface area contributed by atoms with Gasteiger partial charge >= 0.3 is 6.36 Å². The number of rotatable bonds is 17. The van der Waals surface area contributed by atoms with Gasteiger partial charge in [0.15, 0.2) is 0 Å². The number of ether oxygens (including phenoxy) is 2. The van der Waals surface area contributed by atoms with Crippen molar-refractivity contribution < 1.29 is 40.8 Å². The zero-order chi connectivity index (χ0) is 44.4. The molecule has 13 nitrogen and oxygen atoms in total. The summed E-state index contributed by atoms with van der Waals surface area (Å²) in [5.74, 6) is -0.671. The van der Waals surface area contributed by atoms with Gasteiger partial charge in [0.25, 0.3) is 21.6 Å². The highest BCUT2D eigenvalue weighted by Gasteiger charge is 2.32. The Morgan fingerprint density at radius 3 is 2.19 bits per heavy atom. The minimum atomic E-state index is -4.76. The topological polar surface area (TPSA) is 147 Å². The normalized spacial score (nSPS) is 15.7. The molecule has 0 unspecified atom stereocenters. The van der Waals surface area contributed by atoms with Crippen molar-refractivity contribution in [1.82, 2.24) is 14.5 Å². The molecule has 63 heavy (non-hydrogen) atoms. The van der Waals surface area contributed by atoms with Crippen LogP contribution in [0.15, 0.2) is 131 Å². The van der Waals surface area contributed by atoms with E-state index in [1.54, 1.807) is 48.2 Å². The number of thioether (sulfide) groups is 1. The minimum absolute atomic E-state index is 0.0955. The van der Waals surface area contributed by atoms with Crippen LogP contribution in [-0.4, -0.2) is 106 Å². The minimum Gasteiger partial charge on any atom is -0.406 e. The first-order chi connectivity index (χ1) is 30.3. The van der Waals surface area contributed by atoms with Crippen molar-refractivity contribution >= 4 is 44.8 Å². The molecular weight excluding hydrogens is 858 g/mol. The van der Waals surface area contributed by atoms with Crippen LogP contribution in [0.1, 0.15) is 22.3 Å². The molecule has 2 aliphatic rings. The highest BCUT2D eigenvalue weighted by molar-refractivity contribution is 7.99. The van der Waals surface area contributed by atoms with Crippen LogP contribution in [0.5, 0.6) is 5.75 Å². The molecule has 0 saturated carbocycles. The lowest BCUT2D eigenvalue weighted by atomic mass is 9.99. The van der Waals surface area contributed by atoms with Crippen molar-refractivity contribution in [2.45, 2.75) is 35.2 Å². The number of carbonyl (C=O) groups is 1. The number of nitro groups is 1. The number of hydrogen-bond acceptors (Lipinski definition) is 12. The van der Waals surface area contributed by atoms with E-state index >= 15 is 0 Å². The molecule has 0 aliphatic carbocycles. The molecule has 332 valence electrons. The molecule has 2 fully saturated rings. The van der Waals surface area contributed by atoms with E-state index in [4.69, 9.17) is 4.74 Å². The third kappa shape index (κ3) is 12.5. The largest absolute Gasteiger partial charge is 0.573 e. The van der Waals surface area contributed by atoms with Gasteiger partial charge in [0.2, 0.25) is 0 Å². The Hall–Kier alpha value is -5.66. The zero-order valence-electron chi connectivity index (χ0n) is 34.2. The van der Waals surface area contributed by atoms with E-state index in [0.717, 1.165) is 40.4 Å². The van der Waals surface area contributed by atoms with Crippen LogP contribution >= 0.6 is 11.8 Å². The molecule has 5 aromatic rings. The first kappa shape index (κ1) is 45.4. The van der Waals surface area contributed by atoms with Crippen molar-refractivity contribution in [2.24, 2.45) is 0 Å². The molecule has 18 heteroatoms. The summed E-state index contributed by atoms with van der Waals surface area (Å²) in [4.78, 5) is 32.4. The standard InChI is InChI=1S/C45H47F3N6O7S2/c46-45(47,48)61-38-19-15-33(16-20-38)40-10-5-4-7-35(40)31-52-23-25-53(26-24-52)37-17-13-34(14-18-37)44(55)50-63(58,59)42-12-6-11-41(54(56)57)43(42)49-36(21-22-51-27-29-60-30-28-51)32-62-39-8-2-1-3-9-39/h1-20,36,49H,21-32H2,(H,50,55)/t36-/m1/s1. The number of morpholine rings is 1. The maximum Gasteiger partial charge on any atom is 0.573 e. The van der Waals surface area contributed by atoms with E-state index in [9.17, 15) is 36.5 Å². The number of nitrogens with zero attached hydrogens (tertiary/aromatic N) is 4. The number of nitro benzene ring substituents is 1. The molecular formula is C45H47F3N6O7S2. The fourth-order valence-electron chi connectivity index (χ4n) is 7.56. The summed E-state index contributed by atoms with van der Waals surface area (Å²) in [5.41, 5.74) is 3.04. The fourth-order valence-corrected chi connectivity index (χ4v) is 9.71. The number of sulfonamides is 1. The smallest absolute Gasteiger partial charge is 0.406 e. The van der Waals surface area contributed by atoms with Gasteiger partial charge in [0.1, 0.15) is 16.3 Å². The van der Waals surface area contributed by atoms with Gasteiger partial charge in [-0.25, -0.2) is 13.1 Å². The highest BCUT2D eigenvalue weighted by atomic mass is 32.2. The van der Waals surface area contributed by atoms with Crippen LogP contribution in [0.3, 0.4) is 0 Å². The van der Waals surface area contributed by atoms with Crippen molar-refractivity contribution in [3.63, 3.8) is 0 Å². The number of carbonyl (C=O) groups excluding carboxylic acids is 1. The second-order valence-electron chi connectivity index (χ2n) is 15.1.